The number of amides is 12. The van der Waals surface area contributed by atoms with Crippen LogP contribution in [-0.2, 0) is 62.3 Å². The number of alkyl halides is 8. The number of likely N-dealkylation sites (N-methyl/N-ethyl adjacent to an activating group) is 7. The van der Waals surface area contributed by atoms with E-state index in [9.17, 15) is 45.5 Å². The van der Waals surface area contributed by atoms with Crippen molar-refractivity contribution >= 4 is 70.9 Å². The smallest absolute Gasteiger partial charge is 0.377 e. The Morgan fingerprint density at radius 1 is 0.583 bits per heavy atom. The van der Waals surface area contributed by atoms with Gasteiger partial charge in [0.15, 0.2) is 0 Å². The monoisotopic (exact) mass is 1540 g/mol. The number of hydrogen-bond acceptors (Lipinski definition) is 13. The van der Waals surface area contributed by atoms with Gasteiger partial charge in [-0.05, 0) is 152 Å². The predicted molar refractivity (Wildman–Crippen MR) is 379 cm³/mol. The molecule has 25 nitrogen and oxygen atoms in total. The van der Waals surface area contributed by atoms with Gasteiger partial charge in [0.1, 0.15) is 72.1 Å². The molecule has 12 amide bonds. The predicted octanol–water partition coefficient (Wildman–Crippen LogP) is 6.33. The summed E-state index contributed by atoms with van der Waals surface area (Å²) in [6, 6.07) is -11.1. The van der Waals surface area contributed by atoms with E-state index in [1.807, 2.05) is 0 Å². The molecule has 8 rings (SSSR count). The number of nitrogens with zero attached hydrogens (tertiary/aromatic N) is 9. The third-order valence-corrected chi connectivity index (χ3v) is 25.1. The van der Waals surface area contributed by atoms with Crippen LogP contribution in [0.25, 0.3) is 0 Å². The Balaban J connectivity index is 1.19. The van der Waals surface area contributed by atoms with Crippen LogP contribution in [0, 0.1) is 41.4 Å². The maximum Gasteiger partial charge on any atom is 0.397 e. The molecule has 3 heterocycles. The molecular weight excluding hydrogens is 1430 g/mol. The van der Waals surface area contributed by atoms with Crippen LogP contribution < -0.4 is 16.0 Å². The normalized spacial score (nSPS) is 32.5. The van der Waals surface area contributed by atoms with Crippen molar-refractivity contribution in [2.45, 2.75) is 272 Å². The zero-order valence-electron chi connectivity index (χ0n) is 64.7. The van der Waals surface area contributed by atoms with E-state index < -0.39 is 230 Å². The number of ether oxygens (including phenoxy) is 1. The van der Waals surface area contributed by atoms with Crippen LogP contribution >= 0.6 is 0 Å². The van der Waals surface area contributed by atoms with Crippen molar-refractivity contribution in [3.63, 3.8) is 0 Å². The summed E-state index contributed by atoms with van der Waals surface area (Å²) in [6.07, 6.45) is -13.2. The Hall–Kier alpha value is -6.96. The highest BCUT2D eigenvalue weighted by Crippen LogP contribution is 2.46. The lowest BCUT2D eigenvalue weighted by atomic mass is 9.74. The SMILES string of the molecule is CCO[C@@H]1C[C@H]2C(=O)NC3(CCC3)C(=O)N(C)[C@@H](C3CCCC3)C(=O)N(C)[C@H](C(=O)N(C)C)CC(=O)N(C)[C@@H](CC3CCC3)C(=O)NC([C@@H](C)CC)C(=O)N(C)CC(=O)N(C)[C@H]3CCCCN(C3=O)[C@@H](CC3CCC(C(F)(F)F)CC3)C(=O)N(C)CC(=O)N[C@@H](CCC3CC(F)C(C(F)(F)F)C(F)C3)C(=O)N2C1. The first-order valence-corrected chi connectivity index (χ1v) is 39.1. The quantitative estimate of drug-likeness (QED) is 0.170. The van der Waals surface area contributed by atoms with Crippen LogP contribution in [0.3, 0.4) is 0 Å². The molecule has 3 unspecified atom stereocenters. The Kier molecular flexibility index (Phi) is 29.6. The molecule has 3 N–H and O–H groups in total. The zero-order valence-corrected chi connectivity index (χ0v) is 64.7. The molecule has 3 saturated heterocycles. The Morgan fingerprint density at radius 3 is 1.74 bits per heavy atom. The van der Waals surface area contributed by atoms with Gasteiger partial charge in [0, 0.05) is 82.5 Å². The molecule has 12 atom stereocenters. The van der Waals surface area contributed by atoms with Gasteiger partial charge in [-0.1, -0.05) is 52.4 Å². The van der Waals surface area contributed by atoms with Crippen LogP contribution in [-0.4, -0.2) is 289 Å². The molecule has 3 aliphatic heterocycles. The minimum absolute atomic E-state index is 0.00687. The first kappa shape index (κ1) is 86.6. The van der Waals surface area contributed by atoms with Crippen LogP contribution in [0.4, 0.5) is 35.1 Å². The van der Waals surface area contributed by atoms with E-state index in [-0.39, 0.29) is 103 Å². The van der Waals surface area contributed by atoms with Gasteiger partial charge in [0.05, 0.1) is 31.5 Å². The van der Waals surface area contributed by atoms with E-state index in [0.29, 0.717) is 44.9 Å². The molecule has 108 heavy (non-hydrogen) atoms. The summed E-state index contributed by atoms with van der Waals surface area (Å²) >= 11 is 0. The van der Waals surface area contributed by atoms with E-state index in [0.717, 1.165) is 43.8 Å². The van der Waals surface area contributed by atoms with Crippen molar-refractivity contribution in [2.24, 2.45) is 41.4 Å². The van der Waals surface area contributed by atoms with Gasteiger partial charge in [-0.3, -0.25) is 57.5 Å². The second-order valence-electron chi connectivity index (χ2n) is 32.6. The summed E-state index contributed by atoms with van der Waals surface area (Å²) < 4.78 is 121. The first-order valence-electron chi connectivity index (χ1n) is 39.1. The molecule has 33 heteroatoms. The summed E-state index contributed by atoms with van der Waals surface area (Å²) in [5.41, 5.74) is -1.68. The highest BCUT2D eigenvalue weighted by Gasteiger charge is 2.56. The molecule has 8 aliphatic rings. The van der Waals surface area contributed by atoms with Gasteiger partial charge in [-0.25, -0.2) is 8.78 Å². The number of rotatable bonds is 13. The van der Waals surface area contributed by atoms with Gasteiger partial charge < -0.3 is 64.8 Å². The Bertz CT molecular complexity index is 3210. The van der Waals surface area contributed by atoms with Gasteiger partial charge in [-0.15, -0.1) is 0 Å². The van der Waals surface area contributed by atoms with Crippen LogP contribution in [0.15, 0.2) is 0 Å². The molecule has 2 bridgehead atoms. The van der Waals surface area contributed by atoms with Crippen LogP contribution in [0.1, 0.15) is 188 Å². The third kappa shape index (κ3) is 20.4. The standard InChI is InChI=1S/C75H116F8N12O13/c1-12-43(3)62-70(105)89(7)42-60(98)90(8)53-24-16-17-33-94(69(53)104)57(37-45-25-28-48(29-26-45)74(78,79)80)68(103)88(6)41-58(96)84-52(30-27-46-34-50(76)61(51(77)35-46)75(81,82)83)66(101)95-40-49(108-13-2)38-55(95)65(100)86-73(31-19-32-73)72(107)93(11)63(47-22-14-15-23-47)71(106)92(10)56(67(102)87(4)5)39-59(97)91(9)54(64(99)85-62)36-44-20-18-21-44/h43-57,61-63H,12-42H2,1-11H3,(H,84,96)(H,85,99)(H,86,100)/t43-,45?,46?,48?,49+,50?,51?,52-,53-,54-,55-,56-,57-,61?,62?,63-/m0/s1. The van der Waals surface area contributed by atoms with E-state index in [4.69, 9.17) is 4.74 Å². The Labute approximate surface area is 629 Å². The maximum absolute atomic E-state index is 15.5. The molecule has 5 aliphatic carbocycles. The number of nitrogens with one attached hydrogen (secondary N) is 3. The van der Waals surface area contributed by atoms with E-state index in [1.165, 1.54) is 76.0 Å². The van der Waals surface area contributed by atoms with Gasteiger partial charge in [0.2, 0.25) is 70.9 Å². The molecule has 0 radical (unpaired) electrons. The van der Waals surface area contributed by atoms with Crippen molar-refractivity contribution in [1.82, 2.24) is 60.0 Å². The minimum atomic E-state index is -5.21. The summed E-state index contributed by atoms with van der Waals surface area (Å²) in [7, 11) is 11.0. The second kappa shape index (κ2) is 36.9. The maximum atomic E-state index is 15.5. The van der Waals surface area contributed by atoms with Gasteiger partial charge in [0.25, 0.3) is 0 Å². The summed E-state index contributed by atoms with van der Waals surface area (Å²) in [6.45, 7) is 3.44. The number of carbonyl (C=O) groups is 12. The number of halogens is 8. The minimum Gasteiger partial charge on any atom is -0.377 e. The highest BCUT2D eigenvalue weighted by atomic mass is 19.4. The van der Waals surface area contributed by atoms with Crippen LogP contribution in [0.2, 0.25) is 0 Å². The van der Waals surface area contributed by atoms with E-state index in [1.54, 1.807) is 20.8 Å². The second-order valence-corrected chi connectivity index (χ2v) is 32.6. The average Bonchev–Trinajstić information content (AvgIpc) is 1.75. The van der Waals surface area contributed by atoms with E-state index in [2.05, 4.69) is 16.0 Å². The fourth-order valence-electron chi connectivity index (χ4n) is 17.7. The molecular formula is C75H116F8N12O13. The third-order valence-electron chi connectivity index (χ3n) is 25.1. The average molecular weight is 1550 g/mol. The fraction of sp³-hybridized carbons (Fsp3) is 0.840. The van der Waals surface area contributed by atoms with Crippen molar-refractivity contribution in [1.29, 1.82) is 0 Å². The van der Waals surface area contributed by atoms with Crippen molar-refractivity contribution in [3.8, 4) is 0 Å². The number of fused-ring (bicyclic) bond motifs is 3. The first-order chi connectivity index (χ1) is 50.7. The van der Waals surface area contributed by atoms with Crippen molar-refractivity contribution in [3.05, 3.63) is 0 Å². The van der Waals surface area contributed by atoms with Crippen molar-refractivity contribution < 1.29 is 97.4 Å². The molecule has 0 aromatic heterocycles. The number of hydrogen-bond donors (Lipinski definition) is 3. The molecule has 0 aromatic carbocycles. The lowest BCUT2D eigenvalue weighted by molar-refractivity contribution is -0.219. The van der Waals surface area contributed by atoms with Gasteiger partial charge in [-0.2, -0.15) is 26.3 Å². The highest BCUT2D eigenvalue weighted by molar-refractivity contribution is 6.01. The summed E-state index contributed by atoms with van der Waals surface area (Å²) in [5.74, 6) is -16.4. The van der Waals surface area contributed by atoms with Crippen molar-refractivity contribution in [2.75, 3.05) is 89.2 Å². The summed E-state index contributed by atoms with van der Waals surface area (Å²) in [4.78, 5) is 192. The topological polar surface area (TPSA) is 279 Å². The lowest BCUT2D eigenvalue weighted by Gasteiger charge is -2.46. The van der Waals surface area contributed by atoms with Crippen LogP contribution in [0.5, 0.6) is 0 Å². The molecule has 5 saturated carbocycles. The largest absolute Gasteiger partial charge is 0.397 e. The summed E-state index contributed by atoms with van der Waals surface area (Å²) in [5, 5.41) is 8.47. The lowest BCUT2D eigenvalue weighted by Crippen LogP contribution is -2.68. The number of carbonyl (C=O) groups excluding carboxylic acids is 12. The zero-order chi connectivity index (χ0) is 79.8. The molecule has 0 aromatic rings. The fourth-order valence-corrected chi connectivity index (χ4v) is 17.7. The molecule has 610 valence electrons. The molecule has 8 fully saturated rings. The molecule has 1 spiro atoms. The van der Waals surface area contributed by atoms with E-state index >= 15 is 47.1 Å². The van der Waals surface area contributed by atoms with Gasteiger partial charge >= 0.3 is 12.4 Å². The Morgan fingerprint density at radius 2 is 1.19 bits per heavy atom.